The standard InChI is InChI=1S/C32H41N5O5.H2S/c1-3-32(40)37-14-9-25(10-15-37)35-31-16-23(8-12-34-31)29(39)6-5-26(38)19-36-13-11-28-22(2)30(7-4-24(28)18-36)41-20-27-17-33-21-42-27;/h4,7-8,12,16-17,21,25-26,38H,3,5-6,9-11,13-15,18-20H2,1-2H3,(H,34,35);1H2/t26-;/m0./s1. The van der Waals surface area contributed by atoms with Gasteiger partial charge in [0.15, 0.2) is 17.9 Å². The highest BCUT2D eigenvalue weighted by Gasteiger charge is 2.24. The fraction of sp³-hybridized carbons (Fsp3) is 0.500. The van der Waals surface area contributed by atoms with Crippen molar-refractivity contribution in [2.24, 2.45) is 0 Å². The van der Waals surface area contributed by atoms with E-state index in [1.807, 2.05) is 17.9 Å². The maximum atomic E-state index is 13.0. The fourth-order valence-corrected chi connectivity index (χ4v) is 5.87. The molecule has 0 bridgehead atoms. The summed E-state index contributed by atoms with van der Waals surface area (Å²) in [6.07, 6.45) is 7.93. The van der Waals surface area contributed by atoms with Crippen LogP contribution < -0.4 is 10.1 Å². The molecule has 1 saturated heterocycles. The number of β-amino-alcohol motifs (C(OH)–C–C–N with tert-alkyl or cyclic N) is 1. The number of carbonyl (C=O) groups is 2. The van der Waals surface area contributed by atoms with Crippen molar-refractivity contribution in [3.05, 3.63) is 71.1 Å². The molecule has 3 aromatic rings. The molecular weight excluding hydrogens is 566 g/mol. The van der Waals surface area contributed by atoms with Crippen molar-refractivity contribution in [3.8, 4) is 5.75 Å². The maximum Gasteiger partial charge on any atom is 0.222 e. The summed E-state index contributed by atoms with van der Waals surface area (Å²) in [7, 11) is 0. The van der Waals surface area contributed by atoms with Gasteiger partial charge in [0.1, 0.15) is 18.2 Å². The normalized spacial score (nSPS) is 16.2. The van der Waals surface area contributed by atoms with Crippen molar-refractivity contribution in [3.63, 3.8) is 0 Å². The van der Waals surface area contributed by atoms with Crippen molar-refractivity contribution in [2.45, 2.75) is 77.7 Å². The number of carbonyl (C=O) groups excluding carboxylic acids is 2. The second-order valence-corrected chi connectivity index (χ2v) is 11.3. The molecular formula is C32H43N5O5S. The van der Waals surface area contributed by atoms with E-state index in [0.29, 0.717) is 43.1 Å². The third kappa shape index (κ3) is 8.58. The summed E-state index contributed by atoms with van der Waals surface area (Å²) in [6.45, 7) is 7.92. The van der Waals surface area contributed by atoms with Crippen LogP contribution in [-0.2, 0) is 24.4 Å². The Hall–Kier alpha value is -3.41. The number of aliphatic hydroxyl groups is 1. The zero-order valence-corrected chi connectivity index (χ0v) is 26.1. The lowest BCUT2D eigenvalue weighted by atomic mass is 9.94. The smallest absolute Gasteiger partial charge is 0.222 e. The first-order chi connectivity index (χ1) is 20.4. The summed E-state index contributed by atoms with van der Waals surface area (Å²) in [5.41, 5.74) is 4.28. The zero-order chi connectivity index (χ0) is 29.5. The van der Waals surface area contributed by atoms with E-state index in [1.165, 1.54) is 17.5 Å². The highest BCUT2D eigenvalue weighted by molar-refractivity contribution is 7.59. The van der Waals surface area contributed by atoms with E-state index in [0.717, 1.165) is 56.8 Å². The van der Waals surface area contributed by atoms with E-state index in [-0.39, 0.29) is 37.6 Å². The molecule has 0 unspecified atom stereocenters. The Labute approximate surface area is 260 Å². The molecule has 4 heterocycles. The Kier molecular flexibility index (Phi) is 11.6. The summed E-state index contributed by atoms with van der Waals surface area (Å²) >= 11 is 0. The number of Topliss-reactive ketones (excluding diaryl/α,β-unsaturated/α-hetero) is 1. The number of amides is 1. The zero-order valence-electron chi connectivity index (χ0n) is 25.1. The van der Waals surface area contributed by atoms with Crippen LogP contribution >= 0.6 is 13.5 Å². The lowest BCUT2D eigenvalue weighted by Crippen LogP contribution is -2.42. The van der Waals surface area contributed by atoms with E-state index in [2.05, 4.69) is 33.2 Å². The second kappa shape index (κ2) is 15.4. The Morgan fingerprint density at radius 3 is 2.77 bits per heavy atom. The van der Waals surface area contributed by atoms with Gasteiger partial charge in [0.2, 0.25) is 5.91 Å². The molecule has 0 radical (unpaired) electrons. The van der Waals surface area contributed by atoms with E-state index in [9.17, 15) is 14.7 Å². The van der Waals surface area contributed by atoms with Gasteiger partial charge in [0, 0.05) is 63.4 Å². The molecule has 0 saturated carbocycles. The fourth-order valence-electron chi connectivity index (χ4n) is 5.87. The van der Waals surface area contributed by atoms with Crippen LogP contribution in [0.2, 0.25) is 0 Å². The molecule has 1 amide bonds. The molecule has 11 heteroatoms. The first-order valence-electron chi connectivity index (χ1n) is 14.9. The molecule has 43 heavy (non-hydrogen) atoms. The number of ether oxygens (including phenoxy) is 1. The van der Waals surface area contributed by atoms with Gasteiger partial charge in [0.05, 0.1) is 12.3 Å². The molecule has 1 atom stereocenters. The van der Waals surface area contributed by atoms with Crippen LogP contribution in [0.3, 0.4) is 0 Å². The number of ketones is 1. The van der Waals surface area contributed by atoms with E-state index >= 15 is 0 Å². The second-order valence-electron chi connectivity index (χ2n) is 11.3. The monoisotopic (exact) mass is 609 g/mol. The first-order valence-corrected chi connectivity index (χ1v) is 14.9. The predicted octanol–water partition coefficient (Wildman–Crippen LogP) is 4.26. The number of aliphatic hydroxyl groups excluding tert-OH is 1. The molecule has 2 aromatic heterocycles. The van der Waals surface area contributed by atoms with Gasteiger partial charge < -0.3 is 24.5 Å². The lowest BCUT2D eigenvalue weighted by molar-refractivity contribution is -0.131. The number of anilines is 1. The number of oxazole rings is 1. The van der Waals surface area contributed by atoms with Gasteiger partial charge in [-0.3, -0.25) is 14.5 Å². The number of likely N-dealkylation sites (tertiary alicyclic amines) is 1. The van der Waals surface area contributed by atoms with Crippen LogP contribution in [-0.4, -0.2) is 74.9 Å². The number of fused-ring (bicyclic) bond motifs is 1. The molecule has 1 fully saturated rings. The number of benzene rings is 1. The van der Waals surface area contributed by atoms with Crippen LogP contribution in [0.15, 0.2) is 47.5 Å². The van der Waals surface area contributed by atoms with Gasteiger partial charge in [-0.1, -0.05) is 13.0 Å². The molecule has 2 N–H and O–H groups in total. The maximum absolute atomic E-state index is 13.0. The van der Waals surface area contributed by atoms with Crippen LogP contribution in [0, 0.1) is 6.92 Å². The number of hydrogen-bond donors (Lipinski definition) is 2. The van der Waals surface area contributed by atoms with Crippen molar-refractivity contribution < 1.29 is 23.8 Å². The van der Waals surface area contributed by atoms with Crippen LogP contribution in [0.1, 0.15) is 71.8 Å². The predicted molar refractivity (Wildman–Crippen MR) is 169 cm³/mol. The van der Waals surface area contributed by atoms with E-state index in [1.54, 1.807) is 24.5 Å². The average Bonchev–Trinajstić information content (AvgIpc) is 3.53. The van der Waals surface area contributed by atoms with Gasteiger partial charge in [0.25, 0.3) is 0 Å². The molecule has 0 spiro atoms. The molecule has 2 aliphatic rings. The third-order valence-electron chi connectivity index (χ3n) is 8.33. The molecule has 2 aliphatic heterocycles. The average molecular weight is 610 g/mol. The number of hydrogen-bond acceptors (Lipinski definition) is 9. The van der Waals surface area contributed by atoms with Crippen LogP contribution in [0.4, 0.5) is 5.82 Å². The van der Waals surface area contributed by atoms with Crippen molar-refractivity contribution >= 4 is 31.0 Å². The molecule has 1 aromatic carbocycles. The highest BCUT2D eigenvalue weighted by atomic mass is 32.1. The Bertz CT molecular complexity index is 1360. The minimum Gasteiger partial charge on any atom is -0.485 e. The number of nitrogens with zero attached hydrogens (tertiary/aromatic N) is 4. The van der Waals surface area contributed by atoms with Crippen LogP contribution in [0.25, 0.3) is 0 Å². The summed E-state index contributed by atoms with van der Waals surface area (Å²) in [5, 5.41) is 14.2. The summed E-state index contributed by atoms with van der Waals surface area (Å²) in [4.78, 5) is 37.4. The Morgan fingerprint density at radius 1 is 1.21 bits per heavy atom. The number of pyridine rings is 1. The Balaban J connectivity index is 0.00000423. The molecule has 10 nitrogen and oxygen atoms in total. The number of aromatic nitrogens is 2. The van der Waals surface area contributed by atoms with Gasteiger partial charge in [-0.2, -0.15) is 13.5 Å². The summed E-state index contributed by atoms with van der Waals surface area (Å²) in [6, 6.07) is 7.85. The largest absolute Gasteiger partial charge is 0.485 e. The lowest BCUT2D eigenvalue weighted by Gasteiger charge is -2.32. The SMILES string of the molecule is CCC(=O)N1CCC(Nc2cc(C(=O)CC[C@H](O)CN3CCc4c(ccc(OCc5cnco5)c4C)C3)ccn2)CC1.S. The molecule has 0 aliphatic carbocycles. The number of piperidine rings is 1. The van der Waals surface area contributed by atoms with Gasteiger partial charge in [-0.05, 0) is 67.5 Å². The highest BCUT2D eigenvalue weighted by Crippen LogP contribution is 2.30. The number of nitrogens with one attached hydrogen (secondary N) is 1. The molecule has 232 valence electrons. The van der Waals surface area contributed by atoms with Crippen molar-refractivity contribution in [1.29, 1.82) is 0 Å². The van der Waals surface area contributed by atoms with Crippen molar-refractivity contribution in [1.82, 2.24) is 19.8 Å². The quantitative estimate of drug-likeness (QED) is 0.290. The minimum absolute atomic E-state index is 0. The number of rotatable bonds is 12. The Morgan fingerprint density at radius 2 is 2.02 bits per heavy atom. The third-order valence-corrected chi connectivity index (χ3v) is 8.33. The van der Waals surface area contributed by atoms with Crippen LogP contribution in [0.5, 0.6) is 5.75 Å². The van der Waals surface area contributed by atoms with Gasteiger partial charge >= 0.3 is 0 Å². The summed E-state index contributed by atoms with van der Waals surface area (Å²) < 4.78 is 11.2. The summed E-state index contributed by atoms with van der Waals surface area (Å²) in [5.74, 6) is 2.41. The van der Waals surface area contributed by atoms with E-state index < -0.39 is 6.10 Å². The van der Waals surface area contributed by atoms with E-state index in [4.69, 9.17) is 9.15 Å². The van der Waals surface area contributed by atoms with Gasteiger partial charge in [-0.15, -0.1) is 0 Å². The topological polar surface area (TPSA) is 121 Å². The van der Waals surface area contributed by atoms with Gasteiger partial charge in [-0.25, -0.2) is 9.97 Å². The first kappa shape index (κ1) is 32.5. The minimum atomic E-state index is -0.587. The molecule has 5 rings (SSSR count). The van der Waals surface area contributed by atoms with Crippen molar-refractivity contribution in [2.75, 3.05) is 31.5 Å².